The Bertz CT molecular complexity index is 2190. The van der Waals surface area contributed by atoms with E-state index in [1.807, 2.05) is 54.6 Å². The minimum atomic E-state index is -1.45. The van der Waals surface area contributed by atoms with Crippen molar-refractivity contribution in [3.8, 4) is 0 Å². The van der Waals surface area contributed by atoms with Crippen LogP contribution in [0.3, 0.4) is 0 Å². The molecule has 3 heterocycles. The van der Waals surface area contributed by atoms with Crippen LogP contribution in [0.2, 0.25) is 0 Å². The summed E-state index contributed by atoms with van der Waals surface area (Å²) in [7, 11) is 1.36. The zero-order valence-electron chi connectivity index (χ0n) is 33.4. The van der Waals surface area contributed by atoms with E-state index in [9.17, 15) is 14.4 Å². The maximum atomic E-state index is 13.9. The number of methoxy groups -OCH3 is 1. The first-order chi connectivity index (χ1) is 29.9. The minimum absolute atomic E-state index is 0.176. The van der Waals surface area contributed by atoms with Crippen LogP contribution in [0.25, 0.3) is 0 Å². The summed E-state index contributed by atoms with van der Waals surface area (Å²) >= 11 is 0. The van der Waals surface area contributed by atoms with E-state index in [1.165, 1.54) is 7.11 Å². The molecule has 0 unspecified atom stereocenters. The molecule has 0 amide bonds. The van der Waals surface area contributed by atoms with Gasteiger partial charge in [0.25, 0.3) is 0 Å². The Hall–Kier alpha value is -5.77. The molecule has 0 spiro atoms. The van der Waals surface area contributed by atoms with E-state index < -0.39 is 73.2 Å². The van der Waals surface area contributed by atoms with Crippen molar-refractivity contribution in [2.45, 2.75) is 75.1 Å². The molecule has 2 saturated heterocycles. The Balaban J connectivity index is 1.08. The predicted octanol–water partition coefficient (Wildman–Crippen LogP) is 6.48. The first-order valence-electron chi connectivity index (χ1n) is 20.1. The molecule has 3 aliphatic heterocycles. The Morgan fingerprint density at radius 3 is 1.51 bits per heavy atom. The van der Waals surface area contributed by atoms with Crippen LogP contribution in [0.4, 0.5) is 0 Å². The summed E-state index contributed by atoms with van der Waals surface area (Å²) in [6, 6.07) is 42.6. The summed E-state index contributed by atoms with van der Waals surface area (Å²) in [6.07, 6.45) is -9.61. The summed E-state index contributed by atoms with van der Waals surface area (Å²) in [4.78, 5) is 41.3. The van der Waals surface area contributed by atoms with Gasteiger partial charge < -0.3 is 47.4 Å². The smallest absolute Gasteiger partial charge is 0.338 e. The van der Waals surface area contributed by atoms with E-state index in [-0.39, 0.29) is 36.5 Å². The summed E-state index contributed by atoms with van der Waals surface area (Å²) in [6.45, 7) is 0.848. The predicted molar refractivity (Wildman–Crippen MR) is 217 cm³/mol. The van der Waals surface area contributed by atoms with Gasteiger partial charge in [0.2, 0.25) is 0 Å². The molecule has 0 bridgehead atoms. The normalized spacial score (nSPS) is 25.8. The monoisotopic (exact) mass is 830 g/mol. The second kappa shape index (κ2) is 20.2. The van der Waals surface area contributed by atoms with Crippen molar-refractivity contribution in [3.05, 3.63) is 179 Å². The van der Waals surface area contributed by atoms with Gasteiger partial charge in [-0.1, -0.05) is 109 Å². The molecule has 61 heavy (non-hydrogen) atoms. The number of hydrogen-bond acceptors (Lipinski definition) is 13. The average Bonchev–Trinajstić information content (AvgIpc) is 3.63. The summed E-state index contributed by atoms with van der Waals surface area (Å²) < 4.78 is 62.7. The molecule has 0 aromatic heterocycles. The van der Waals surface area contributed by atoms with Gasteiger partial charge in [-0.15, -0.1) is 0 Å². The highest BCUT2D eigenvalue weighted by molar-refractivity contribution is 5.91. The lowest BCUT2D eigenvalue weighted by molar-refractivity contribution is -0.302. The largest absolute Gasteiger partial charge is 0.452 e. The minimum Gasteiger partial charge on any atom is -0.452 e. The quantitative estimate of drug-likeness (QED) is 0.0891. The van der Waals surface area contributed by atoms with E-state index >= 15 is 0 Å². The molecule has 13 nitrogen and oxygen atoms in total. The van der Waals surface area contributed by atoms with Crippen LogP contribution in [-0.4, -0.2) is 93.5 Å². The van der Waals surface area contributed by atoms with Gasteiger partial charge in [0.15, 0.2) is 30.9 Å². The van der Waals surface area contributed by atoms with Gasteiger partial charge >= 0.3 is 17.9 Å². The van der Waals surface area contributed by atoms with Gasteiger partial charge in [0.1, 0.15) is 24.4 Å². The molecule has 3 aliphatic rings. The van der Waals surface area contributed by atoms with Crippen molar-refractivity contribution in [3.63, 3.8) is 0 Å². The third-order valence-electron chi connectivity index (χ3n) is 10.6. The maximum Gasteiger partial charge on any atom is 0.338 e. The van der Waals surface area contributed by atoms with Crippen molar-refractivity contribution in [1.29, 1.82) is 0 Å². The van der Waals surface area contributed by atoms with Crippen LogP contribution in [0.1, 0.15) is 47.8 Å². The molecule has 0 aliphatic carbocycles. The van der Waals surface area contributed by atoms with Crippen molar-refractivity contribution < 1.29 is 61.8 Å². The van der Waals surface area contributed by atoms with Gasteiger partial charge in [-0.25, -0.2) is 14.4 Å². The molecule has 316 valence electrons. The molecule has 13 heteroatoms. The lowest BCUT2D eigenvalue weighted by Gasteiger charge is -2.44. The van der Waals surface area contributed by atoms with Crippen LogP contribution in [0.15, 0.2) is 146 Å². The molecule has 2 fully saturated rings. The van der Waals surface area contributed by atoms with E-state index in [1.54, 1.807) is 91.0 Å². The Morgan fingerprint density at radius 2 is 0.967 bits per heavy atom. The third kappa shape index (κ3) is 10.2. The zero-order valence-corrected chi connectivity index (χ0v) is 33.4. The lowest BCUT2D eigenvalue weighted by Crippen LogP contribution is -2.63. The highest BCUT2D eigenvalue weighted by atomic mass is 16.8. The molecule has 8 rings (SSSR count). The second-order valence-corrected chi connectivity index (χ2v) is 14.7. The molecule has 0 radical (unpaired) electrons. The van der Waals surface area contributed by atoms with Crippen molar-refractivity contribution >= 4 is 17.9 Å². The Morgan fingerprint density at radius 1 is 0.508 bits per heavy atom. The van der Waals surface area contributed by atoms with E-state index in [0.29, 0.717) is 13.2 Å². The highest BCUT2D eigenvalue weighted by Gasteiger charge is 2.54. The molecule has 0 N–H and O–H groups in total. The standard InChI is InChI=1S/C48H46O13/c1-52-47-43(61-46(51)34-22-12-5-13-23-34)41(60-45(50)33-20-10-4-11-21-33)40(59-44(49)32-18-8-3-9-19-32)38(57-47)30-56-48-42-39(54-27-35-24-14-15-25-36(35)28-55-42)37(58-48)29-53-26-31-16-6-2-7-17-31/h2-25,37-43,47-48H,26-30H2,1H3/t37-,38-,39-,40-,41+,42+,43-,47+,48-/m1/s1. The lowest BCUT2D eigenvalue weighted by atomic mass is 9.97. The fourth-order valence-corrected chi connectivity index (χ4v) is 7.51. The summed E-state index contributed by atoms with van der Waals surface area (Å²) in [5.41, 5.74) is 3.63. The maximum absolute atomic E-state index is 13.9. The van der Waals surface area contributed by atoms with Gasteiger partial charge in [-0.3, -0.25) is 0 Å². The second-order valence-electron chi connectivity index (χ2n) is 14.7. The van der Waals surface area contributed by atoms with Crippen LogP contribution in [-0.2, 0) is 67.2 Å². The number of fused-ring (bicyclic) bond motifs is 2. The first-order valence-corrected chi connectivity index (χ1v) is 20.1. The molecule has 5 aromatic rings. The number of rotatable bonds is 14. The molecular formula is C48H46O13. The Labute approximate surface area is 353 Å². The fourth-order valence-electron chi connectivity index (χ4n) is 7.51. The molecule has 5 aromatic carbocycles. The topological polar surface area (TPSA) is 144 Å². The van der Waals surface area contributed by atoms with Crippen molar-refractivity contribution in [2.75, 3.05) is 20.3 Å². The molecule has 9 atom stereocenters. The zero-order chi connectivity index (χ0) is 42.0. The molecule has 0 saturated carbocycles. The van der Waals surface area contributed by atoms with Gasteiger partial charge in [0, 0.05) is 7.11 Å². The SMILES string of the molecule is CO[C@H]1O[C@H](CO[C@@H]2O[C@H](COCc3ccccc3)[C@H]3OCc4ccccc4CO[C@H]23)[C@@H](OC(=O)c2ccccc2)[C@H](OC(=O)c2ccccc2)[C@H]1OC(=O)c1ccccc1. The fraction of sp³-hybridized carbons (Fsp3) is 0.312. The van der Waals surface area contributed by atoms with Crippen LogP contribution in [0, 0.1) is 0 Å². The number of ether oxygens (including phenoxy) is 10. The summed E-state index contributed by atoms with van der Waals surface area (Å²) in [5.74, 6) is -2.25. The highest BCUT2D eigenvalue weighted by Crippen LogP contribution is 2.35. The van der Waals surface area contributed by atoms with Crippen LogP contribution in [0.5, 0.6) is 0 Å². The van der Waals surface area contributed by atoms with Crippen LogP contribution < -0.4 is 0 Å². The molecular weight excluding hydrogens is 785 g/mol. The average molecular weight is 831 g/mol. The number of carbonyl (C=O) groups is 3. The number of hydrogen-bond donors (Lipinski definition) is 0. The first kappa shape index (κ1) is 41.9. The van der Waals surface area contributed by atoms with E-state index in [2.05, 4.69) is 0 Å². The van der Waals surface area contributed by atoms with Gasteiger partial charge in [0.05, 0.1) is 49.7 Å². The summed E-state index contributed by atoms with van der Waals surface area (Å²) in [5, 5.41) is 0. The van der Waals surface area contributed by atoms with E-state index in [0.717, 1.165) is 16.7 Å². The number of benzene rings is 5. The van der Waals surface area contributed by atoms with Crippen molar-refractivity contribution in [2.24, 2.45) is 0 Å². The Kier molecular flexibility index (Phi) is 13.9. The number of esters is 3. The number of carbonyl (C=O) groups excluding carboxylic acids is 3. The van der Waals surface area contributed by atoms with Gasteiger partial charge in [-0.05, 0) is 53.1 Å². The van der Waals surface area contributed by atoms with Crippen molar-refractivity contribution in [1.82, 2.24) is 0 Å². The van der Waals surface area contributed by atoms with E-state index in [4.69, 9.17) is 47.4 Å². The third-order valence-corrected chi connectivity index (χ3v) is 10.6. The van der Waals surface area contributed by atoms with Crippen LogP contribution >= 0.6 is 0 Å². The van der Waals surface area contributed by atoms with Gasteiger partial charge in [-0.2, -0.15) is 0 Å².